The number of ether oxygens (including phenoxy) is 1. The van der Waals surface area contributed by atoms with Crippen LogP contribution in [0.3, 0.4) is 0 Å². The van der Waals surface area contributed by atoms with Gasteiger partial charge in [-0.15, -0.1) is 0 Å². The zero-order valence-corrected chi connectivity index (χ0v) is 11.5. The highest BCUT2D eigenvalue weighted by Gasteiger charge is 2.18. The number of hydrogen-bond acceptors (Lipinski definition) is 4. The number of esters is 1. The molecule has 0 aromatic heterocycles. The van der Waals surface area contributed by atoms with E-state index < -0.39 is 5.60 Å². The Morgan fingerprint density at radius 1 is 1.41 bits per heavy atom. The Hall–Kier alpha value is -1.08. The summed E-state index contributed by atoms with van der Waals surface area (Å²) in [6.45, 7) is 9.89. The van der Waals surface area contributed by atoms with Crippen LogP contribution in [0, 0.1) is 17.2 Å². The second-order valence-electron chi connectivity index (χ2n) is 5.51. The van der Waals surface area contributed by atoms with Gasteiger partial charge in [0.1, 0.15) is 5.60 Å². The third-order valence-corrected chi connectivity index (χ3v) is 2.30. The van der Waals surface area contributed by atoms with Crippen molar-refractivity contribution < 1.29 is 9.53 Å². The van der Waals surface area contributed by atoms with Crippen molar-refractivity contribution in [2.45, 2.75) is 59.1 Å². The first-order valence-electron chi connectivity index (χ1n) is 6.08. The molecule has 0 unspecified atom stereocenters. The Morgan fingerprint density at radius 2 is 2.00 bits per heavy atom. The van der Waals surface area contributed by atoms with Crippen LogP contribution in [0.5, 0.6) is 0 Å². The molecule has 0 aliphatic rings. The van der Waals surface area contributed by atoms with E-state index in [0.29, 0.717) is 12.3 Å². The molecular weight excluding hydrogens is 216 g/mol. The molecular formula is C13H24N2O2. The summed E-state index contributed by atoms with van der Waals surface area (Å²) in [4.78, 5) is 11.5. The Balaban J connectivity index is 4.05. The van der Waals surface area contributed by atoms with Crippen molar-refractivity contribution in [2.75, 3.05) is 6.54 Å². The minimum Gasteiger partial charge on any atom is -0.459 e. The summed E-state index contributed by atoms with van der Waals surface area (Å²) in [6.07, 6.45) is 1.27. The topological polar surface area (TPSA) is 62.1 Å². The summed E-state index contributed by atoms with van der Waals surface area (Å²) in [5, 5.41) is 11.7. The maximum atomic E-state index is 11.5. The van der Waals surface area contributed by atoms with Gasteiger partial charge >= 0.3 is 5.97 Å². The summed E-state index contributed by atoms with van der Waals surface area (Å²) >= 11 is 0. The molecule has 0 aromatic carbocycles. The predicted molar refractivity (Wildman–Crippen MR) is 67.3 cm³/mol. The van der Waals surface area contributed by atoms with Gasteiger partial charge in [-0.2, -0.15) is 5.26 Å². The van der Waals surface area contributed by atoms with Gasteiger partial charge < -0.3 is 10.1 Å². The molecule has 0 radical (unpaired) electrons. The van der Waals surface area contributed by atoms with Crippen LogP contribution < -0.4 is 5.32 Å². The maximum Gasteiger partial charge on any atom is 0.320 e. The molecule has 0 spiro atoms. The number of rotatable bonds is 6. The van der Waals surface area contributed by atoms with Crippen molar-refractivity contribution in [3.63, 3.8) is 0 Å². The molecule has 4 heteroatoms. The van der Waals surface area contributed by atoms with E-state index in [4.69, 9.17) is 10.00 Å². The summed E-state index contributed by atoms with van der Waals surface area (Å²) in [6, 6.07) is 2.31. The third kappa shape index (κ3) is 8.70. The molecule has 1 N–H and O–H groups in total. The van der Waals surface area contributed by atoms with E-state index in [9.17, 15) is 4.79 Å². The van der Waals surface area contributed by atoms with Gasteiger partial charge in [-0.3, -0.25) is 4.79 Å². The van der Waals surface area contributed by atoms with Gasteiger partial charge in [-0.05, 0) is 33.1 Å². The number of nitrogens with one attached hydrogen (secondary N) is 1. The average molecular weight is 240 g/mol. The van der Waals surface area contributed by atoms with E-state index in [2.05, 4.69) is 25.2 Å². The highest BCUT2D eigenvalue weighted by molar-refractivity contribution is 5.72. The minimum atomic E-state index is -0.446. The van der Waals surface area contributed by atoms with Crippen molar-refractivity contribution in [1.29, 1.82) is 5.26 Å². The Morgan fingerprint density at radius 3 is 2.41 bits per heavy atom. The molecule has 0 heterocycles. The van der Waals surface area contributed by atoms with Gasteiger partial charge in [0.15, 0.2) is 0 Å². The minimum absolute atomic E-state index is 0.183. The zero-order chi connectivity index (χ0) is 13.5. The standard InChI is InChI=1S/C13H24N2O2/c1-10(2)11(7-6-8-14)15-9-12(16)17-13(3,4)5/h10-11,15H,6-7,9H2,1-5H3/t11-/m1/s1. The van der Waals surface area contributed by atoms with Gasteiger partial charge in [0.25, 0.3) is 0 Å². The summed E-state index contributed by atoms with van der Waals surface area (Å²) in [7, 11) is 0. The number of nitrogens with zero attached hydrogens (tertiary/aromatic N) is 1. The van der Waals surface area contributed by atoms with Crippen LogP contribution in [-0.2, 0) is 9.53 Å². The fourth-order valence-electron chi connectivity index (χ4n) is 1.48. The third-order valence-electron chi connectivity index (χ3n) is 2.30. The highest BCUT2D eigenvalue weighted by Crippen LogP contribution is 2.09. The molecule has 98 valence electrons. The van der Waals surface area contributed by atoms with Crippen LogP contribution >= 0.6 is 0 Å². The van der Waals surface area contributed by atoms with E-state index in [1.807, 2.05) is 20.8 Å². The fourth-order valence-corrected chi connectivity index (χ4v) is 1.48. The molecule has 0 aliphatic heterocycles. The Bertz CT molecular complexity index is 274. The first kappa shape index (κ1) is 15.9. The SMILES string of the molecule is CC(C)[C@@H](CCC#N)NCC(=O)OC(C)(C)C. The lowest BCUT2D eigenvalue weighted by molar-refractivity contribution is -0.153. The van der Waals surface area contributed by atoms with Crippen LogP contribution in [0.4, 0.5) is 0 Å². The van der Waals surface area contributed by atoms with Crippen LogP contribution in [-0.4, -0.2) is 24.2 Å². The summed E-state index contributed by atoms with van der Waals surface area (Å²) in [5.41, 5.74) is -0.446. The van der Waals surface area contributed by atoms with Gasteiger partial charge in [0.2, 0.25) is 0 Å². The molecule has 1 atom stereocenters. The van der Waals surface area contributed by atoms with E-state index in [0.717, 1.165) is 6.42 Å². The van der Waals surface area contributed by atoms with E-state index in [1.165, 1.54) is 0 Å². The van der Waals surface area contributed by atoms with Gasteiger partial charge in [-0.1, -0.05) is 13.8 Å². The quantitative estimate of drug-likeness (QED) is 0.723. The van der Waals surface area contributed by atoms with E-state index >= 15 is 0 Å². The number of carbonyl (C=O) groups excluding carboxylic acids is 1. The molecule has 0 fully saturated rings. The smallest absolute Gasteiger partial charge is 0.320 e. The fraction of sp³-hybridized carbons (Fsp3) is 0.846. The lowest BCUT2D eigenvalue weighted by atomic mass is 9.99. The van der Waals surface area contributed by atoms with Crippen molar-refractivity contribution >= 4 is 5.97 Å². The summed E-state index contributed by atoms with van der Waals surface area (Å²) < 4.78 is 5.21. The van der Waals surface area contributed by atoms with E-state index in [-0.39, 0.29) is 18.6 Å². The lowest BCUT2D eigenvalue weighted by Gasteiger charge is -2.23. The maximum absolute atomic E-state index is 11.5. The molecule has 17 heavy (non-hydrogen) atoms. The molecule has 4 nitrogen and oxygen atoms in total. The Labute approximate surface area is 104 Å². The second-order valence-corrected chi connectivity index (χ2v) is 5.51. The molecule has 0 aromatic rings. The average Bonchev–Trinajstić information content (AvgIpc) is 2.14. The van der Waals surface area contributed by atoms with Gasteiger partial charge in [0.05, 0.1) is 12.6 Å². The molecule has 0 rings (SSSR count). The normalized spacial score (nSPS) is 13.2. The number of carbonyl (C=O) groups is 1. The number of nitriles is 1. The number of hydrogen-bond donors (Lipinski definition) is 1. The van der Waals surface area contributed by atoms with Crippen LogP contribution in [0.1, 0.15) is 47.5 Å². The van der Waals surface area contributed by atoms with Crippen molar-refractivity contribution in [3.8, 4) is 6.07 Å². The Kier molecular flexibility index (Phi) is 6.82. The zero-order valence-electron chi connectivity index (χ0n) is 11.5. The lowest BCUT2D eigenvalue weighted by Crippen LogP contribution is -2.39. The highest BCUT2D eigenvalue weighted by atomic mass is 16.6. The molecule has 0 aliphatic carbocycles. The first-order valence-corrected chi connectivity index (χ1v) is 6.08. The van der Waals surface area contributed by atoms with E-state index in [1.54, 1.807) is 0 Å². The van der Waals surface area contributed by atoms with Crippen LogP contribution in [0.25, 0.3) is 0 Å². The monoisotopic (exact) mass is 240 g/mol. The van der Waals surface area contributed by atoms with Crippen LogP contribution in [0.2, 0.25) is 0 Å². The second kappa shape index (κ2) is 7.29. The first-order chi connectivity index (χ1) is 7.76. The van der Waals surface area contributed by atoms with Crippen molar-refractivity contribution in [2.24, 2.45) is 5.92 Å². The molecule has 0 saturated heterocycles. The van der Waals surface area contributed by atoms with Crippen LogP contribution in [0.15, 0.2) is 0 Å². The molecule has 0 saturated carbocycles. The van der Waals surface area contributed by atoms with Crippen molar-refractivity contribution in [3.05, 3.63) is 0 Å². The van der Waals surface area contributed by atoms with Gasteiger partial charge in [-0.25, -0.2) is 0 Å². The summed E-state index contributed by atoms with van der Waals surface area (Å²) in [5.74, 6) is 0.144. The molecule has 0 amide bonds. The van der Waals surface area contributed by atoms with Gasteiger partial charge in [0, 0.05) is 12.5 Å². The predicted octanol–water partition coefficient (Wildman–Crippen LogP) is 2.25. The van der Waals surface area contributed by atoms with Crippen molar-refractivity contribution in [1.82, 2.24) is 5.32 Å². The largest absolute Gasteiger partial charge is 0.459 e. The molecule has 0 bridgehead atoms.